The molecule has 0 aliphatic heterocycles. The number of hydrogen-bond acceptors (Lipinski definition) is 6. The predicted molar refractivity (Wildman–Crippen MR) is 216 cm³/mol. The van der Waals surface area contributed by atoms with Crippen molar-refractivity contribution in [1.82, 2.24) is 0 Å². The molecule has 0 spiro atoms. The molecule has 0 aliphatic carbocycles. The molecule has 0 fully saturated rings. The van der Waals surface area contributed by atoms with E-state index in [0.717, 1.165) is 44.9 Å². The van der Waals surface area contributed by atoms with E-state index < -0.39 is 32.5 Å². The van der Waals surface area contributed by atoms with Crippen molar-refractivity contribution in [3.05, 3.63) is 48.6 Å². The summed E-state index contributed by atoms with van der Waals surface area (Å²) in [7, 11) is -4.77. The van der Waals surface area contributed by atoms with Crippen molar-refractivity contribution >= 4 is 19.8 Å². The minimum absolute atomic E-state index is 0.187. The molecular formula is C43H77O8P. The number of rotatable bonds is 38. The molecule has 302 valence electrons. The largest absolute Gasteiger partial charge is 0.469 e. The Morgan fingerprint density at radius 1 is 0.558 bits per heavy atom. The van der Waals surface area contributed by atoms with Crippen LogP contribution in [-0.2, 0) is 28.2 Å². The van der Waals surface area contributed by atoms with Crippen molar-refractivity contribution in [1.29, 1.82) is 0 Å². The number of unbranched alkanes of at least 4 members (excludes halogenated alkanes) is 23. The van der Waals surface area contributed by atoms with Crippen LogP contribution in [0.4, 0.5) is 0 Å². The Balaban J connectivity index is 4.00. The molecule has 2 N–H and O–H groups in total. The van der Waals surface area contributed by atoms with E-state index in [1.807, 2.05) is 12.2 Å². The van der Waals surface area contributed by atoms with Crippen molar-refractivity contribution in [3.8, 4) is 0 Å². The van der Waals surface area contributed by atoms with E-state index in [9.17, 15) is 14.2 Å². The lowest BCUT2D eigenvalue weighted by Crippen LogP contribution is -2.29. The Kier molecular flexibility index (Phi) is 37.2. The Morgan fingerprint density at radius 2 is 1.00 bits per heavy atom. The SMILES string of the molecule is CCCCC/C=C/C/C=C/CCCCCCCCCCCC(=O)O[C@H](COC(=O)/C=C/C=C/CCCCCCCCCCCCC)COP(=O)(O)O. The summed E-state index contributed by atoms with van der Waals surface area (Å²) in [6, 6.07) is 0. The molecule has 52 heavy (non-hydrogen) atoms. The zero-order valence-electron chi connectivity index (χ0n) is 33.2. The second-order valence-corrected chi connectivity index (χ2v) is 15.3. The number of carbonyl (C=O) groups excluding carboxylic acids is 2. The van der Waals surface area contributed by atoms with Gasteiger partial charge in [0.15, 0.2) is 6.10 Å². The zero-order valence-corrected chi connectivity index (χ0v) is 34.1. The number of hydrogen-bond donors (Lipinski definition) is 2. The van der Waals surface area contributed by atoms with E-state index in [1.54, 1.807) is 6.08 Å². The topological polar surface area (TPSA) is 119 Å². The van der Waals surface area contributed by atoms with Gasteiger partial charge in [0.2, 0.25) is 0 Å². The predicted octanol–water partition coefficient (Wildman–Crippen LogP) is 12.7. The normalized spacial score (nSPS) is 12.9. The molecular weight excluding hydrogens is 675 g/mol. The summed E-state index contributed by atoms with van der Waals surface area (Å²) < 4.78 is 26.2. The Morgan fingerprint density at radius 3 is 1.52 bits per heavy atom. The number of phosphoric ester groups is 1. The standard InChI is InChI=1S/C43H77O8P/c1-3-5-7-9-11-13-15-17-19-20-21-22-24-26-28-30-32-34-36-38-43(45)51-41(40-50-52(46,47)48)39-49-42(44)37-35-33-31-29-27-25-23-18-16-14-12-10-8-6-4-2/h11,13,17,19,31,33,35,37,41H,3-10,12,14-16,18,20-30,32,34,36,38-40H2,1-2H3,(H2,46,47,48)/b13-11+,19-17+,33-31+,37-35+/t41-/m1/s1. The van der Waals surface area contributed by atoms with Crippen molar-refractivity contribution in [2.24, 2.45) is 0 Å². The van der Waals surface area contributed by atoms with E-state index in [4.69, 9.17) is 19.3 Å². The summed E-state index contributed by atoms with van der Waals surface area (Å²) in [5.41, 5.74) is 0. The molecule has 0 saturated heterocycles. The molecule has 9 heteroatoms. The van der Waals surface area contributed by atoms with Crippen LogP contribution in [-0.4, -0.2) is 41.0 Å². The lowest BCUT2D eigenvalue weighted by Gasteiger charge is -2.18. The van der Waals surface area contributed by atoms with Crippen LogP contribution in [0.25, 0.3) is 0 Å². The van der Waals surface area contributed by atoms with Gasteiger partial charge in [0.05, 0.1) is 6.61 Å². The van der Waals surface area contributed by atoms with E-state index in [0.29, 0.717) is 6.42 Å². The van der Waals surface area contributed by atoms with Crippen LogP contribution in [0.15, 0.2) is 48.6 Å². The molecule has 0 unspecified atom stereocenters. The second-order valence-electron chi connectivity index (χ2n) is 14.0. The molecule has 0 rings (SSSR count). The summed E-state index contributed by atoms with van der Waals surface area (Å²) in [5, 5.41) is 0. The fourth-order valence-electron chi connectivity index (χ4n) is 5.79. The molecule has 0 aromatic rings. The van der Waals surface area contributed by atoms with Crippen molar-refractivity contribution in [2.75, 3.05) is 13.2 Å². The molecule has 0 radical (unpaired) electrons. The third kappa shape index (κ3) is 40.8. The van der Waals surface area contributed by atoms with Crippen LogP contribution in [0, 0.1) is 0 Å². The van der Waals surface area contributed by atoms with Gasteiger partial charge in [-0.3, -0.25) is 9.32 Å². The number of ether oxygens (including phenoxy) is 2. The summed E-state index contributed by atoms with van der Waals surface area (Å²) in [6.45, 7) is 3.55. The van der Waals surface area contributed by atoms with Gasteiger partial charge in [-0.1, -0.05) is 178 Å². The second kappa shape index (κ2) is 38.7. The number of esters is 2. The highest BCUT2D eigenvalue weighted by atomic mass is 31.2. The maximum absolute atomic E-state index is 12.4. The van der Waals surface area contributed by atoms with Crippen LogP contribution in [0.3, 0.4) is 0 Å². The highest BCUT2D eigenvalue weighted by Crippen LogP contribution is 2.36. The van der Waals surface area contributed by atoms with Crippen LogP contribution < -0.4 is 0 Å². The zero-order chi connectivity index (χ0) is 38.2. The van der Waals surface area contributed by atoms with Crippen molar-refractivity contribution in [2.45, 2.75) is 200 Å². The van der Waals surface area contributed by atoms with Crippen LogP contribution in [0.2, 0.25) is 0 Å². The van der Waals surface area contributed by atoms with Gasteiger partial charge < -0.3 is 19.3 Å². The average molecular weight is 753 g/mol. The quantitative estimate of drug-likeness (QED) is 0.0160. The lowest BCUT2D eigenvalue weighted by molar-refractivity contribution is -0.159. The maximum atomic E-state index is 12.4. The minimum Gasteiger partial charge on any atom is -0.458 e. The molecule has 0 aliphatic rings. The van der Waals surface area contributed by atoms with E-state index in [-0.39, 0.29) is 13.0 Å². The molecule has 0 aromatic heterocycles. The minimum atomic E-state index is -4.77. The van der Waals surface area contributed by atoms with Gasteiger partial charge in [-0.05, 0) is 51.4 Å². The summed E-state index contributed by atoms with van der Waals surface area (Å²) in [4.78, 5) is 42.7. The first kappa shape index (κ1) is 50.0. The van der Waals surface area contributed by atoms with Gasteiger partial charge in [-0.15, -0.1) is 0 Å². The fraction of sp³-hybridized carbons (Fsp3) is 0.767. The van der Waals surface area contributed by atoms with E-state index >= 15 is 0 Å². The Hall–Kier alpha value is -1.99. The third-order valence-corrected chi connectivity index (χ3v) is 9.41. The lowest BCUT2D eigenvalue weighted by atomic mass is 10.1. The summed E-state index contributed by atoms with van der Waals surface area (Å²) in [5.74, 6) is -1.14. The van der Waals surface area contributed by atoms with Gasteiger partial charge in [0.1, 0.15) is 6.61 Å². The molecule has 8 nitrogen and oxygen atoms in total. The van der Waals surface area contributed by atoms with E-state index in [1.165, 1.54) is 128 Å². The van der Waals surface area contributed by atoms with Gasteiger partial charge in [-0.2, -0.15) is 0 Å². The summed E-state index contributed by atoms with van der Waals surface area (Å²) in [6.07, 6.45) is 47.4. The Labute approximate surface area is 318 Å². The highest BCUT2D eigenvalue weighted by Gasteiger charge is 2.22. The van der Waals surface area contributed by atoms with E-state index in [2.05, 4.69) is 42.7 Å². The first-order valence-electron chi connectivity index (χ1n) is 21.0. The Bertz CT molecular complexity index is 984. The highest BCUT2D eigenvalue weighted by molar-refractivity contribution is 7.46. The monoisotopic (exact) mass is 753 g/mol. The molecule has 0 saturated carbocycles. The third-order valence-electron chi connectivity index (χ3n) is 8.92. The van der Waals surface area contributed by atoms with Crippen molar-refractivity contribution in [3.63, 3.8) is 0 Å². The van der Waals surface area contributed by atoms with Crippen molar-refractivity contribution < 1.29 is 37.9 Å². The molecule has 0 amide bonds. The number of carbonyl (C=O) groups is 2. The number of phosphoric acid groups is 1. The fourth-order valence-corrected chi connectivity index (χ4v) is 6.15. The molecule has 1 atom stereocenters. The molecule has 0 aromatic carbocycles. The van der Waals surface area contributed by atoms with Gasteiger partial charge >= 0.3 is 19.8 Å². The average Bonchev–Trinajstić information content (AvgIpc) is 3.11. The van der Waals surface area contributed by atoms with Crippen LogP contribution in [0.5, 0.6) is 0 Å². The smallest absolute Gasteiger partial charge is 0.458 e. The number of allylic oxidation sites excluding steroid dienone is 7. The van der Waals surface area contributed by atoms with Gasteiger partial charge in [0.25, 0.3) is 0 Å². The van der Waals surface area contributed by atoms with Crippen LogP contribution >= 0.6 is 7.82 Å². The van der Waals surface area contributed by atoms with Gasteiger partial charge in [0, 0.05) is 12.5 Å². The summed E-state index contributed by atoms with van der Waals surface area (Å²) >= 11 is 0. The molecule has 0 heterocycles. The maximum Gasteiger partial charge on any atom is 0.469 e. The van der Waals surface area contributed by atoms with Crippen LogP contribution in [0.1, 0.15) is 194 Å². The first-order chi connectivity index (χ1) is 25.3. The first-order valence-corrected chi connectivity index (χ1v) is 22.5. The molecule has 0 bridgehead atoms. The van der Waals surface area contributed by atoms with Gasteiger partial charge in [-0.25, -0.2) is 9.36 Å².